The van der Waals surface area contributed by atoms with E-state index in [1.165, 1.54) is 12.1 Å². The molecule has 1 amide bonds. The van der Waals surface area contributed by atoms with E-state index in [-0.39, 0.29) is 11.9 Å². The average Bonchev–Trinajstić information content (AvgIpc) is 2.37. The van der Waals surface area contributed by atoms with E-state index in [4.69, 9.17) is 10.5 Å². The van der Waals surface area contributed by atoms with Crippen molar-refractivity contribution in [2.45, 2.75) is 38.8 Å². The molecule has 0 aliphatic carbocycles. The molecule has 3 N–H and O–H groups in total. The Morgan fingerprint density at radius 3 is 2.52 bits per heavy atom. The summed E-state index contributed by atoms with van der Waals surface area (Å²) in [4.78, 5) is 11.6. The first-order valence-electron chi connectivity index (χ1n) is 6.92. The summed E-state index contributed by atoms with van der Waals surface area (Å²) in [5, 5.41) is 2.72. The predicted octanol–water partition coefficient (Wildman–Crippen LogP) is 3.08. The van der Waals surface area contributed by atoms with Gasteiger partial charge in [-0.15, -0.1) is 0 Å². The highest BCUT2D eigenvalue weighted by atomic mass is 19.1. The number of rotatable bonds is 5. The lowest BCUT2D eigenvalue weighted by atomic mass is 10.1. The third-order valence-electron chi connectivity index (χ3n) is 2.61. The van der Waals surface area contributed by atoms with Crippen molar-refractivity contribution in [3.63, 3.8) is 0 Å². The molecule has 1 aromatic carbocycles. The van der Waals surface area contributed by atoms with Crippen LogP contribution < -0.4 is 11.1 Å². The first-order chi connectivity index (χ1) is 9.80. The van der Waals surface area contributed by atoms with Crippen molar-refractivity contribution in [1.29, 1.82) is 0 Å². The van der Waals surface area contributed by atoms with Crippen molar-refractivity contribution in [2.24, 2.45) is 5.73 Å². The second kappa shape index (κ2) is 7.78. The van der Waals surface area contributed by atoms with Gasteiger partial charge in [-0.05, 0) is 44.9 Å². The van der Waals surface area contributed by atoms with Crippen LogP contribution in [-0.2, 0) is 4.74 Å². The van der Waals surface area contributed by atoms with Crippen LogP contribution in [-0.4, -0.2) is 24.3 Å². The van der Waals surface area contributed by atoms with Crippen molar-refractivity contribution in [2.75, 3.05) is 6.54 Å². The maximum atomic E-state index is 12.8. The number of halogens is 1. The van der Waals surface area contributed by atoms with Gasteiger partial charge in [0.2, 0.25) is 0 Å². The number of carbonyl (C=O) groups excluding carboxylic acids is 1. The Hall–Kier alpha value is -1.88. The topological polar surface area (TPSA) is 64.3 Å². The SMILES string of the molecule is CC(C)(C)OC(=O)NC(CN)C/C=C/c1ccc(F)cc1. The number of hydrogen-bond acceptors (Lipinski definition) is 3. The lowest BCUT2D eigenvalue weighted by Crippen LogP contribution is -2.42. The second-order valence-corrected chi connectivity index (χ2v) is 5.77. The smallest absolute Gasteiger partial charge is 0.407 e. The monoisotopic (exact) mass is 294 g/mol. The number of nitrogens with two attached hydrogens (primary N) is 1. The van der Waals surface area contributed by atoms with Crippen LogP contribution in [0.1, 0.15) is 32.8 Å². The number of nitrogens with one attached hydrogen (secondary N) is 1. The van der Waals surface area contributed by atoms with Gasteiger partial charge in [0.1, 0.15) is 11.4 Å². The molecule has 1 aromatic rings. The van der Waals surface area contributed by atoms with Gasteiger partial charge in [-0.25, -0.2) is 9.18 Å². The molecular formula is C16H23FN2O2. The zero-order valence-corrected chi connectivity index (χ0v) is 12.7. The van der Waals surface area contributed by atoms with Crippen LogP contribution in [0.2, 0.25) is 0 Å². The summed E-state index contributed by atoms with van der Waals surface area (Å²) < 4.78 is 17.9. The third-order valence-corrected chi connectivity index (χ3v) is 2.61. The third kappa shape index (κ3) is 7.46. The normalized spacial score (nSPS) is 13.2. The van der Waals surface area contributed by atoms with E-state index in [1.807, 2.05) is 12.2 Å². The molecule has 0 aliphatic heterocycles. The number of amides is 1. The predicted molar refractivity (Wildman–Crippen MR) is 82.3 cm³/mol. The van der Waals surface area contributed by atoms with Crippen molar-refractivity contribution in [1.82, 2.24) is 5.32 Å². The molecule has 5 heteroatoms. The molecule has 21 heavy (non-hydrogen) atoms. The largest absolute Gasteiger partial charge is 0.444 e. The fraction of sp³-hybridized carbons (Fsp3) is 0.438. The first kappa shape index (κ1) is 17.2. The summed E-state index contributed by atoms with van der Waals surface area (Å²) >= 11 is 0. The molecule has 116 valence electrons. The van der Waals surface area contributed by atoms with Crippen LogP contribution >= 0.6 is 0 Å². The van der Waals surface area contributed by atoms with Gasteiger partial charge in [0.05, 0.1) is 0 Å². The Kier molecular flexibility index (Phi) is 6.37. The van der Waals surface area contributed by atoms with Crippen molar-refractivity contribution in [3.05, 3.63) is 41.7 Å². The molecule has 0 aromatic heterocycles. The number of carbonyl (C=O) groups is 1. The van der Waals surface area contributed by atoms with E-state index in [0.717, 1.165) is 5.56 Å². The summed E-state index contributed by atoms with van der Waals surface area (Å²) in [7, 11) is 0. The summed E-state index contributed by atoms with van der Waals surface area (Å²) in [5.74, 6) is -0.265. The molecule has 0 aliphatic rings. The number of hydrogen-bond donors (Lipinski definition) is 2. The van der Waals surface area contributed by atoms with Crippen molar-refractivity contribution < 1.29 is 13.9 Å². The molecule has 1 rings (SSSR count). The van der Waals surface area contributed by atoms with E-state index in [2.05, 4.69) is 5.32 Å². The van der Waals surface area contributed by atoms with Crippen LogP contribution in [0.4, 0.5) is 9.18 Å². The number of alkyl carbamates (subject to hydrolysis) is 1. The zero-order chi connectivity index (χ0) is 15.9. The number of ether oxygens (including phenoxy) is 1. The maximum Gasteiger partial charge on any atom is 0.407 e. The summed E-state index contributed by atoms with van der Waals surface area (Å²) in [6, 6.07) is 5.98. The van der Waals surface area contributed by atoms with E-state index in [1.54, 1.807) is 32.9 Å². The van der Waals surface area contributed by atoms with Gasteiger partial charge in [0.25, 0.3) is 0 Å². The molecule has 4 nitrogen and oxygen atoms in total. The number of benzene rings is 1. The standard InChI is InChI=1S/C16H23FN2O2/c1-16(2,3)21-15(20)19-14(11-18)6-4-5-12-7-9-13(17)10-8-12/h4-5,7-10,14H,6,11,18H2,1-3H3,(H,19,20)/b5-4+. The fourth-order valence-electron chi connectivity index (χ4n) is 1.63. The molecule has 0 radical (unpaired) electrons. The van der Waals surface area contributed by atoms with Crippen LogP contribution in [0.25, 0.3) is 6.08 Å². The van der Waals surface area contributed by atoms with Crippen LogP contribution in [0.3, 0.4) is 0 Å². The lowest BCUT2D eigenvalue weighted by Gasteiger charge is -2.22. The quantitative estimate of drug-likeness (QED) is 0.877. The molecular weight excluding hydrogens is 271 g/mol. The Labute approximate surface area is 125 Å². The molecule has 0 bridgehead atoms. The highest BCUT2D eigenvalue weighted by Gasteiger charge is 2.18. The Morgan fingerprint density at radius 1 is 1.38 bits per heavy atom. The summed E-state index contributed by atoms with van der Waals surface area (Å²) in [5.41, 5.74) is 5.99. The molecule has 1 unspecified atom stereocenters. The Morgan fingerprint density at radius 2 is 2.00 bits per heavy atom. The van der Waals surface area contributed by atoms with Crippen molar-refractivity contribution in [3.8, 4) is 0 Å². The van der Waals surface area contributed by atoms with Gasteiger partial charge >= 0.3 is 6.09 Å². The molecule has 1 atom stereocenters. The zero-order valence-electron chi connectivity index (χ0n) is 12.7. The Bertz CT molecular complexity index is 478. The fourth-order valence-corrected chi connectivity index (χ4v) is 1.63. The Balaban J connectivity index is 2.47. The van der Waals surface area contributed by atoms with E-state index in [0.29, 0.717) is 13.0 Å². The van der Waals surface area contributed by atoms with Crippen LogP contribution in [0.15, 0.2) is 30.3 Å². The minimum absolute atomic E-state index is 0.198. The van der Waals surface area contributed by atoms with Gasteiger partial charge < -0.3 is 15.8 Å². The van der Waals surface area contributed by atoms with Gasteiger partial charge in [0, 0.05) is 12.6 Å². The maximum absolute atomic E-state index is 12.8. The van der Waals surface area contributed by atoms with E-state index < -0.39 is 11.7 Å². The highest BCUT2D eigenvalue weighted by molar-refractivity contribution is 5.68. The molecule has 0 fully saturated rings. The summed E-state index contributed by atoms with van der Waals surface area (Å²) in [6.45, 7) is 5.72. The molecule has 0 spiro atoms. The van der Waals surface area contributed by atoms with Gasteiger partial charge in [-0.2, -0.15) is 0 Å². The van der Waals surface area contributed by atoms with Crippen LogP contribution in [0, 0.1) is 5.82 Å². The molecule has 0 heterocycles. The van der Waals surface area contributed by atoms with E-state index in [9.17, 15) is 9.18 Å². The first-order valence-corrected chi connectivity index (χ1v) is 6.92. The van der Waals surface area contributed by atoms with Gasteiger partial charge in [0.15, 0.2) is 0 Å². The minimum atomic E-state index is -0.535. The highest BCUT2D eigenvalue weighted by Crippen LogP contribution is 2.08. The van der Waals surface area contributed by atoms with E-state index >= 15 is 0 Å². The second-order valence-electron chi connectivity index (χ2n) is 5.77. The minimum Gasteiger partial charge on any atom is -0.444 e. The van der Waals surface area contributed by atoms with Gasteiger partial charge in [-0.3, -0.25) is 0 Å². The molecule has 0 saturated carbocycles. The average molecular weight is 294 g/mol. The molecule has 0 saturated heterocycles. The van der Waals surface area contributed by atoms with Crippen molar-refractivity contribution >= 4 is 12.2 Å². The lowest BCUT2D eigenvalue weighted by molar-refractivity contribution is 0.0506. The van der Waals surface area contributed by atoms with Crippen LogP contribution in [0.5, 0.6) is 0 Å². The van der Waals surface area contributed by atoms with Gasteiger partial charge in [-0.1, -0.05) is 24.3 Å². The summed E-state index contributed by atoms with van der Waals surface area (Å²) in [6.07, 6.45) is 3.85.